The number of aliphatic carboxylic acids is 1. The number of hydrogen-bond donors (Lipinski definition) is 1. The molecule has 1 fully saturated rings. The topological polar surface area (TPSA) is 37.3 Å². The molecule has 1 rings (SSSR count). The molecule has 0 aliphatic heterocycles. The molecular weight excluding hydrogens is 200 g/mol. The van der Waals surface area contributed by atoms with E-state index >= 15 is 0 Å². The first-order chi connectivity index (χ1) is 7.74. The van der Waals surface area contributed by atoms with Gasteiger partial charge in [-0.1, -0.05) is 51.5 Å². The van der Waals surface area contributed by atoms with Crippen LogP contribution in [0.3, 0.4) is 0 Å². The molecule has 0 spiro atoms. The predicted molar refractivity (Wildman–Crippen MR) is 66.4 cm³/mol. The van der Waals surface area contributed by atoms with Crippen molar-refractivity contribution in [2.45, 2.75) is 64.7 Å². The van der Waals surface area contributed by atoms with Crippen LogP contribution in [-0.4, -0.2) is 11.1 Å². The molecule has 0 atom stereocenters. The molecule has 1 aliphatic rings. The molecule has 2 heteroatoms. The average Bonchev–Trinajstić information content (AvgIpc) is 2.75. The monoisotopic (exact) mass is 224 g/mol. The van der Waals surface area contributed by atoms with Crippen molar-refractivity contribution in [1.82, 2.24) is 0 Å². The third-order valence-electron chi connectivity index (χ3n) is 3.50. The van der Waals surface area contributed by atoms with Crippen LogP contribution >= 0.6 is 0 Å². The first kappa shape index (κ1) is 13.3. The van der Waals surface area contributed by atoms with E-state index in [2.05, 4.69) is 6.92 Å². The van der Waals surface area contributed by atoms with Crippen LogP contribution in [0.25, 0.3) is 0 Å². The van der Waals surface area contributed by atoms with Crippen LogP contribution in [-0.2, 0) is 4.79 Å². The summed E-state index contributed by atoms with van der Waals surface area (Å²) in [4.78, 5) is 11.0. The number of allylic oxidation sites excluding steroid dienone is 1. The minimum absolute atomic E-state index is 0.639. The summed E-state index contributed by atoms with van der Waals surface area (Å²) in [6.07, 6.45) is 12.2. The van der Waals surface area contributed by atoms with Gasteiger partial charge in [0.15, 0.2) is 0 Å². The van der Waals surface area contributed by atoms with Crippen molar-refractivity contribution < 1.29 is 9.90 Å². The van der Waals surface area contributed by atoms with Gasteiger partial charge in [0.2, 0.25) is 0 Å². The van der Waals surface area contributed by atoms with Crippen molar-refractivity contribution in [1.29, 1.82) is 0 Å². The molecular formula is C14H24O2. The molecule has 1 saturated carbocycles. The van der Waals surface area contributed by atoms with E-state index in [1.165, 1.54) is 25.7 Å². The first-order valence-electron chi connectivity index (χ1n) is 6.66. The quantitative estimate of drug-likeness (QED) is 0.521. The molecule has 1 aliphatic carbocycles. The zero-order valence-corrected chi connectivity index (χ0v) is 10.4. The lowest BCUT2D eigenvalue weighted by Gasteiger charge is -2.06. The second kappa shape index (κ2) is 7.48. The summed E-state index contributed by atoms with van der Waals surface area (Å²) in [6, 6.07) is 0. The Kier molecular flexibility index (Phi) is 6.20. The number of carboxylic acids is 1. The zero-order chi connectivity index (χ0) is 11.8. The summed E-state index contributed by atoms with van der Waals surface area (Å²) in [5, 5.41) is 9.08. The number of rotatable bonds is 7. The van der Waals surface area contributed by atoms with Gasteiger partial charge in [-0.15, -0.1) is 0 Å². The van der Waals surface area contributed by atoms with Crippen LogP contribution in [0.2, 0.25) is 0 Å². The fourth-order valence-corrected chi connectivity index (χ4v) is 2.42. The van der Waals surface area contributed by atoms with E-state index in [1.807, 2.05) is 6.08 Å². The van der Waals surface area contributed by atoms with E-state index < -0.39 is 5.97 Å². The molecule has 0 saturated heterocycles. The van der Waals surface area contributed by atoms with Crippen molar-refractivity contribution >= 4 is 5.97 Å². The summed E-state index contributed by atoms with van der Waals surface area (Å²) >= 11 is 0. The van der Waals surface area contributed by atoms with E-state index in [9.17, 15) is 4.79 Å². The Morgan fingerprint density at radius 3 is 2.56 bits per heavy atom. The van der Waals surface area contributed by atoms with Crippen LogP contribution in [0.15, 0.2) is 11.6 Å². The van der Waals surface area contributed by atoms with E-state index in [4.69, 9.17) is 5.11 Å². The van der Waals surface area contributed by atoms with Crippen molar-refractivity contribution in [2.24, 2.45) is 5.92 Å². The fourth-order valence-electron chi connectivity index (χ4n) is 2.42. The molecule has 0 heterocycles. The Morgan fingerprint density at radius 2 is 2.00 bits per heavy atom. The smallest absolute Gasteiger partial charge is 0.331 e. The van der Waals surface area contributed by atoms with Gasteiger partial charge >= 0.3 is 5.97 Å². The molecule has 0 aromatic rings. The number of carbonyl (C=O) groups is 1. The van der Waals surface area contributed by atoms with E-state index in [0.29, 0.717) is 5.57 Å². The summed E-state index contributed by atoms with van der Waals surface area (Å²) in [7, 11) is 0. The van der Waals surface area contributed by atoms with Gasteiger partial charge in [0.25, 0.3) is 0 Å². The Hall–Kier alpha value is -0.790. The molecule has 0 radical (unpaired) electrons. The second-order valence-electron chi connectivity index (χ2n) is 4.88. The molecule has 0 bridgehead atoms. The molecule has 2 nitrogen and oxygen atoms in total. The normalized spacial score (nSPS) is 17.9. The van der Waals surface area contributed by atoms with Crippen LogP contribution in [0.4, 0.5) is 0 Å². The maximum atomic E-state index is 11.0. The largest absolute Gasteiger partial charge is 0.478 e. The predicted octanol–water partition coefficient (Wildman–Crippen LogP) is 4.16. The molecule has 16 heavy (non-hydrogen) atoms. The number of unbranched alkanes of at least 4 members (excludes halogenated alkanes) is 2. The number of carboxylic acid groups (broad SMARTS) is 1. The highest BCUT2D eigenvalue weighted by Crippen LogP contribution is 2.28. The lowest BCUT2D eigenvalue weighted by molar-refractivity contribution is -0.132. The summed E-state index contributed by atoms with van der Waals surface area (Å²) in [5.41, 5.74) is 0.639. The molecule has 0 aromatic heterocycles. The molecule has 0 aromatic carbocycles. The third kappa shape index (κ3) is 4.82. The molecule has 92 valence electrons. The van der Waals surface area contributed by atoms with Crippen LogP contribution in [0.5, 0.6) is 0 Å². The van der Waals surface area contributed by atoms with Gasteiger partial charge < -0.3 is 5.11 Å². The van der Waals surface area contributed by atoms with Gasteiger partial charge in [-0.2, -0.15) is 0 Å². The van der Waals surface area contributed by atoms with E-state index in [0.717, 1.165) is 38.0 Å². The number of hydrogen-bond acceptors (Lipinski definition) is 1. The minimum atomic E-state index is -0.714. The van der Waals surface area contributed by atoms with Crippen LogP contribution < -0.4 is 0 Å². The molecule has 0 amide bonds. The van der Waals surface area contributed by atoms with Crippen molar-refractivity contribution in [2.75, 3.05) is 0 Å². The second-order valence-corrected chi connectivity index (χ2v) is 4.88. The van der Waals surface area contributed by atoms with Gasteiger partial charge in [-0.05, 0) is 25.2 Å². The van der Waals surface area contributed by atoms with Crippen molar-refractivity contribution in [3.8, 4) is 0 Å². The Labute approximate surface area is 98.7 Å². The third-order valence-corrected chi connectivity index (χ3v) is 3.50. The Bertz CT molecular complexity index is 237. The van der Waals surface area contributed by atoms with Crippen molar-refractivity contribution in [3.05, 3.63) is 11.6 Å². The van der Waals surface area contributed by atoms with E-state index in [1.54, 1.807) is 0 Å². The van der Waals surface area contributed by atoms with Crippen LogP contribution in [0, 0.1) is 5.92 Å². The molecule has 0 unspecified atom stereocenters. The fraction of sp³-hybridized carbons (Fsp3) is 0.786. The van der Waals surface area contributed by atoms with Gasteiger partial charge in [-0.3, -0.25) is 0 Å². The highest BCUT2D eigenvalue weighted by atomic mass is 16.4. The highest BCUT2D eigenvalue weighted by Gasteiger charge is 2.14. The SMILES string of the molecule is CCCCC/C(=C\CC1CCCC1)C(=O)O. The Morgan fingerprint density at radius 1 is 1.31 bits per heavy atom. The maximum Gasteiger partial charge on any atom is 0.331 e. The van der Waals surface area contributed by atoms with Gasteiger partial charge in [-0.25, -0.2) is 4.79 Å². The zero-order valence-electron chi connectivity index (χ0n) is 10.4. The van der Waals surface area contributed by atoms with Gasteiger partial charge in [0, 0.05) is 5.57 Å². The standard InChI is InChI=1S/C14H24O2/c1-2-3-4-9-13(14(15)16)11-10-12-7-5-6-8-12/h11-12H,2-10H2,1H3,(H,15,16)/b13-11+. The first-order valence-corrected chi connectivity index (χ1v) is 6.66. The maximum absolute atomic E-state index is 11.0. The van der Waals surface area contributed by atoms with Gasteiger partial charge in [0.05, 0.1) is 0 Å². The van der Waals surface area contributed by atoms with Gasteiger partial charge in [0.1, 0.15) is 0 Å². The summed E-state index contributed by atoms with van der Waals surface area (Å²) < 4.78 is 0. The van der Waals surface area contributed by atoms with Crippen molar-refractivity contribution in [3.63, 3.8) is 0 Å². The molecule has 1 N–H and O–H groups in total. The Balaban J connectivity index is 2.35. The van der Waals surface area contributed by atoms with E-state index in [-0.39, 0.29) is 0 Å². The van der Waals surface area contributed by atoms with Crippen LogP contribution in [0.1, 0.15) is 64.7 Å². The lowest BCUT2D eigenvalue weighted by atomic mass is 10.00. The lowest BCUT2D eigenvalue weighted by Crippen LogP contribution is -2.02. The average molecular weight is 224 g/mol. The summed E-state index contributed by atoms with van der Waals surface area (Å²) in [6.45, 7) is 2.14. The highest BCUT2D eigenvalue weighted by molar-refractivity contribution is 5.86. The summed E-state index contributed by atoms with van der Waals surface area (Å²) in [5.74, 6) is 0.0367. The minimum Gasteiger partial charge on any atom is -0.478 e.